The molecule has 0 aromatic rings. The molecule has 2 N–H and O–H groups in total. The number of carbonyl (C=O) groups is 2. The van der Waals surface area contributed by atoms with Crippen molar-refractivity contribution >= 4 is 23.8 Å². The Morgan fingerprint density at radius 2 is 2.62 bits per heavy atom. The maximum absolute atomic E-state index is 10.6. The summed E-state index contributed by atoms with van der Waals surface area (Å²) in [7, 11) is 0. The number of ether oxygens (including phenoxy) is 1. The van der Waals surface area contributed by atoms with Gasteiger partial charge in [-0.1, -0.05) is 0 Å². The molecule has 5 nitrogen and oxygen atoms in total. The van der Waals surface area contributed by atoms with Gasteiger partial charge in [0.1, 0.15) is 6.10 Å². The van der Waals surface area contributed by atoms with Crippen molar-refractivity contribution in [2.24, 2.45) is 0 Å². The zero-order valence-corrected chi connectivity index (χ0v) is 7.97. The first kappa shape index (κ1) is 10.2. The highest BCUT2D eigenvalue weighted by Crippen LogP contribution is 2.15. The van der Waals surface area contributed by atoms with E-state index in [9.17, 15) is 9.59 Å². The third kappa shape index (κ3) is 3.14. The van der Waals surface area contributed by atoms with Gasteiger partial charge in [0.15, 0.2) is 0 Å². The second-order valence-corrected chi connectivity index (χ2v) is 4.10. The fraction of sp³-hybridized carbons (Fsp3) is 0.714. The first-order valence-electron chi connectivity index (χ1n) is 3.88. The minimum atomic E-state index is -0.845. The van der Waals surface area contributed by atoms with Crippen LogP contribution < -0.4 is 5.32 Å². The molecule has 2 unspecified atom stereocenters. The Bertz CT molecular complexity index is 221. The van der Waals surface area contributed by atoms with Gasteiger partial charge in [-0.3, -0.25) is 4.79 Å². The summed E-state index contributed by atoms with van der Waals surface area (Å²) < 4.78 is 4.83. The van der Waals surface area contributed by atoms with E-state index in [0.717, 1.165) is 0 Å². The van der Waals surface area contributed by atoms with E-state index in [0.29, 0.717) is 12.3 Å². The highest BCUT2D eigenvalue weighted by Gasteiger charge is 2.24. The minimum absolute atomic E-state index is 0.195. The fourth-order valence-electron chi connectivity index (χ4n) is 0.848. The van der Waals surface area contributed by atoms with Gasteiger partial charge in [-0.05, 0) is 6.92 Å². The van der Waals surface area contributed by atoms with Crippen molar-refractivity contribution in [1.82, 2.24) is 5.32 Å². The minimum Gasteiger partial charge on any atom is -0.480 e. The number of hydrogen-bond acceptors (Lipinski definition) is 4. The van der Waals surface area contributed by atoms with Crippen LogP contribution in [0.4, 0.5) is 4.79 Å². The first-order chi connectivity index (χ1) is 6.09. The molecule has 74 valence electrons. The van der Waals surface area contributed by atoms with Crippen LogP contribution in [0.5, 0.6) is 0 Å². The van der Waals surface area contributed by atoms with Crippen molar-refractivity contribution in [2.45, 2.75) is 18.3 Å². The predicted octanol–water partition coefficient (Wildman–Crippen LogP) is 0.301. The topological polar surface area (TPSA) is 75.6 Å². The molecule has 6 heteroatoms. The van der Waals surface area contributed by atoms with Crippen LogP contribution in [0, 0.1) is 0 Å². The second-order valence-electron chi connectivity index (χ2n) is 2.72. The van der Waals surface area contributed by atoms with Crippen LogP contribution >= 0.6 is 11.8 Å². The molecule has 1 heterocycles. The number of rotatable bonds is 4. The van der Waals surface area contributed by atoms with E-state index < -0.39 is 17.3 Å². The van der Waals surface area contributed by atoms with E-state index in [1.807, 2.05) is 0 Å². The number of carboxylic acids is 1. The number of carbonyl (C=O) groups excluding carboxylic acids is 1. The molecule has 1 aliphatic rings. The van der Waals surface area contributed by atoms with Crippen LogP contribution in [0.2, 0.25) is 0 Å². The van der Waals surface area contributed by atoms with Gasteiger partial charge in [0.05, 0.1) is 11.8 Å². The third-order valence-electron chi connectivity index (χ3n) is 1.63. The summed E-state index contributed by atoms with van der Waals surface area (Å²) >= 11 is 1.27. The largest absolute Gasteiger partial charge is 0.480 e. The second kappa shape index (κ2) is 4.36. The summed E-state index contributed by atoms with van der Waals surface area (Å²) in [6, 6.07) is 0. The monoisotopic (exact) mass is 205 g/mol. The summed E-state index contributed by atoms with van der Waals surface area (Å²) in [6.07, 6.45) is -0.618. The Labute approximate surface area is 79.8 Å². The molecular formula is C7H11NO4S. The number of alkyl carbamates (subject to hydrolysis) is 1. The van der Waals surface area contributed by atoms with Gasteiger partial charge in [-0.25, -0.2) is 4.79 Å². The van der Waals surface area contributed by atoms with Gasteiger partial charge < -0.3 is 15.2 Å². The average Bonchev–Trinajstić information content (AvgIpc) is 2.47. The quantitative estimate of drug-likeness (QED) is 0.690. The SMILES string of the molecule is CC(SCC1CNC(=O)O1)C(=O)O. The van der Waals surface area contributed by atoms with Crippen molar-refractivity contribution < 1.29 is 19.4 Å². The van der Waals surface area contributed by atoms with Gasteiger partial charge in [-0.2, -0.15) is 0 Å². The molecule has 1 saturated heterocycles. The third-order valence-corrected chi connectivity index (χ3v) is 2.89. The molecule has 13 heavy (non-hydrogen) atoms. The molecule has 0 spiro atoms. The molecular weight excluding hydrogens is 194 g/mol. The van der Waals surface area contributed by atoms with Crippen LogP contribution in [-0.4, -0.2) is 40.8 Å². The summed E-state index contributed by atoms with van der Waals surface area (Å²) in [5.41, 5.74) is 0. The van der Waals surface area contributed by atoms with Crippen molar-refractivity contribution in [3.05, 3.63) is 0 Å². The Morgan fingerprint density at radius 3 is 3.08 bits per heavy atom. The number of hydrogen-bond donors (Lipinski definition) is 2. The maximum atomic E-state index is 10.6. The van der Waals surface area contributed by atoms with Crippen LogP contribution in [0.3, 0.4) is 0 Å². The van der Waals surface area contributed by atoms with Crippen LogP contribution in [0.15, 0.2) is 0 Å². The average molecular weight is 205 g/mol. The number of nitrogens with one attached hydrogen (secondary N) is 1. The van der Waals surface area contributed by atoms with Crippen LogP contribution in [-0.2, 0) is 9.53 Å². The highest BCUT2D eigenvalue weighted by molar-refractivity contribution is 8.00. The molecule has 1 rings (SSSR count). The van der Waals surface area contributed by atoms with E-state index in [-0.39, 0.29) is 6.10 Å². The standard InChI is InChI=1S/C7H11NO4S/c1-4(6(9)10)13-3-5-2-8-7(11)12-5/h4-5H,2-3H2,1H3,(H,8,11)(H,9,10). The molecule has 1 aliphatic heterocycles. The van der Waals surface area contributed by atoms with E-state index in [2.05, 4.69) is 5.32 Å². The van der Waals surface area contributed by atoms with Crippen molar-refractivity contribution in [1.29, 1.82) is 0 Å². The van der Waals surface area contributed by atoms with E-state index in [1.165, 1.54) is 11.8 Å². The van der Waals surface area contributed by atoms with Gasteiger partial charge in [-0.15, -0.1) is 11.8 Å². The van der Waals surface area contributed by atoms with Gasteiger partial charge in [0, 0.05) is 5.75 Å². The molecule has 0 bridgehead atoms. The Hall–Kier alpha value is -0.910. The van der Waals surface area contributed by atoms with Crippen molar-refractivity contribution in [3.63, 3.8) is 0 Å². The fourth-order valence-corrected chi connectivity index (χ4v) is 1.68. The predicted molar refractivity (Wildman–Crippen MR) is 47.8 cm³/mol. The Balaban J connectivity index is 2.19. The summed E-state index contributed by atoms with van der Waals surface area (Å²) in [4.78, 5) is 21.0. The molecule has 2 atom stereocenters. The lowest BCUT2D eigenvalue weighted by Crippen LogP contribution is -2.20. The van der Waals surface area contributed by atoms with E-state index in [4.69, 9.17) is 9.84 Å². The molecule has 0 aliphatic carbocycles. The molecule has 0 aromatic heterocycles. The zero-order chi connectivity index (χ0) is 9.84. The molecule has 0 saturated carbocycles. The molecule has 0 aromatic carbocycles. The number of carboxylic acid groups (broad SMARTS) is 1. The Kier molecular flexibility index (Phi) is 3.41. The smallest absolute Gasteiger partial charge is 0.407 e. The summed E-state index contributed by atoms with van der Waals surface area (Å²) in [5.74, 6) is -0.325. The summed E-state index contributed by atoms with van der Waals surface area (Å²) in [6.45, 7) is 2.08. The normalized spacial score (nSPS) is 23.5. The first-order valence-corrected chi connectivity index (χ1v) is 4.93. The van der Waals surface area contributed by atoms with Gasteiger partial charge in [0.25, 0.3) is 0 Å². The number of cyclic esters (lactones) is 1. The van der Waals surface area contributed by atoms with Gasteiger partial charge in [0.2, 0.25) is 0 Å². The molecule has 1 fully saturated rings. The van der Waals surface area contributed by atoms with Crippen molar-refractivity contribution in [2.75, 3.05) is 12.3 Å². The molecule has 1 amide bonds. The lowest BCUT2D eigenvalue weighted by atomic mass is 10.4. The van der Waals surface area contributed by atoms with E-state index >= 15 is 0 Å². The lowest BCUT2D eigenvalue weighted by molar-refractivity contribution is -0.136. The Morgan fingerprint density at radius 1 is 1.92 bits per heavy atom. The van der Waals surface area contributed by atoms with E-state index in [1.54, 1.807) is 6.92 Å². The zero-order valence-electron chi connectivity index (χ0n) is 7.15. The van der Waals surface area contributed by atoms with Crippen molar-refractivity contribution in [3.8, 4) is 0 Å². The molecule has 0 radical (unpaired) electrons. The van der Waals surface area contributed by atoms with Gasteiger partial charge >= 0.3 is 12.1 Å². The number of thioether (sulfide) groups is 1. The lowest BCUT2D eigenvalue weighted by Gasteiger charge is -2.09. The highest BCUT2D eigenvalue weighted by atomic mass is 32.2. The van der Waals surface area contributed by atoms with Crippen LogP contribution in [0.1, 0.15) is 6.92 Å². The number of aliphatic carboxylic acids is 1. The number of amides is 1. The summed E-state index contributed by atoms with van der Waals surface area (Å²) in [5, 5.41) is 10.6. The maximum Gasteiger partial charge on any atom is 0.407 e. The van der Waals surface area contributed by atoms with Crippen LogP contribution in [0.25, 0.3) is 0 Å².